The number of nitrogens with one attached hydrogen (secondary N) is 1. The lowest BCUT2D eigenvalue weighted by atomic mass is 10.1. The van der Waals surface area contributed by atoms with Gasteiger partial charge in [0.05, 0.1) is 5.56 Å². The summed E-state index contributed by atoms with van der Waals surface area (Å²) in [4.78, 5) is 12.9. The molecule has 3 nitrogen and oxygen atoms in total. The van der Waals surface area contributed by atoms with Gasteiger partial charge in [-0.15, -0.1) is 11.3 Å². The number of hydrogen-bond donors (Lipinski definition) is 1. The largest absolute Gasteiger partial charge is 0.312 e. The van der Waals surface area contributed by atoms with Crippen LogP contribution in [-0.4, -0.2) is 5.91 Å². The van der Waals surface area contributed by atoms with Crippen molar-refractivity contribution < 1.29 is 13.6 Å². The average molecular weight is 306 g/mol. The molecule has 0 aliphatic heterocycles. The summed E-state index contributed by atoms with van der Waals surface area (Å²) in [5.41, 5.74) is 0.544. The highest BCUT2D eigenvalue weighted by atomic mass is 32.1. The Balaban J connectivity index is 2.40. The Morgan fingerprint density at radius 1 is 1.38 bits per heavy atom. The number of aryl methyl sites for hydroxylation is 1. The number of thiophene rings is 1. The summed E-state index contributed by atoms with van der Waals surface area (Å²) in [6.45, 7) is 3.74. The SMILES string of the molecule is CCc1c(C)sc(NC(=O)c2c(F)cccc2F)c1C#N. The third kappa shape index (κ3) is 2.78. The molecule has 0 bridgehead atoms. The quantitative estimate of drug-likeness (QED) is 0.931. The number of hydrogen-bond acceptors (Lipinski definition) is 3. The molecule has 2 rings (SSSR count). The summed E-state index contributed by atoms with van der Waals surface area (Å²) in [5, 5.41) is 11.9. The second kappa shape index (κ2) is 6.02. The fourth-order valence-electron chi connectivity index (χ4n) is 2.09. The Kier molecular flexibility index (Phi) is 4.34. The first kappa shape index (κ1) is 15.1. The van der Waals surface area contributed by atoms with Crippen molar-refractivity contribution in [1.82, 2.24) is 0 Å². The van der Waals surface area contributed by atoms with Gasteiger partial charge < -0.3 is 5.32 Å². The Hall–Kier alpha value is -2.26. The number of anilines is 1. The van der Waals surface area contributed by atoms with Gasteiger partial charge in [0.25, 0.3) is 5.91 Å². The molecule has 1 heterocycles. The highest BCUT2D eigenvalue weighted by molar-refractivity contribution is 7.16. The molecule has 0 saturated heterocycles. The number of amides is 1. The summed E-state index contributed by atoms with van der Waals surface area (Å²) < 4.78 is 27.1. The zero-order valence-electron chi connectivity index (χ0n) is 11.5. The Bertz CT molecular complexity index is 727. The third-order valence-corrected chi connectivity index (χ3v) is 4.15. The molecule has 0 saturated carbocycles. The molecule has 0 aliphatic carbocycles. The van der Waals surface area contributed by atoms with Crippen molar-refractivity contribution in [1.29, 1.82) is 5.26 Å². The monoisotopic (exact) mass is 306 g/mol. The highest BCUT2D eigenvalue weighted by Crippen LogP contribution is 2.33. The van der Waals surface area contributed by atoms with E-state index in [-0.39, 0.29) is 0 Å². The minimum absolute atomic E-state index is 0.319. The molecule has 6 heteroatoms. The van der Waals surface area contributed by atoms with Crippen LogP contribution in [0.1, 0.15) is 33.3 Å². The molecule has 21 heavy (non-hydrogen) atoms. The average Bonchev–Trinajstić information content (AvgIpc) is 2.73. The molecule has 0 radical (unpaired) electrons. The lowest BCUT2D eigenvalue weighted by molar-refractivity contribution is 0.101. The van der Waals surface area contributed by atoms with Crippen LogP contribution < -0.4 is 5.32 Å². The van der Waals surface area contributed by atoms with Crippen LogP contribution >= 0.6 is 11.3 Å². The van der Waals surface area contributed by atoms with Gasteiger partial charge in [0.2, 0.25) is 0 Å². The number of rotatable bonds is 3. The van der Waals surface area contributed by atoms with Gasteiger partial charge in [-0.1, -0.05) is 13.0 Å². The van der Waals surface area contributed by atoms with Crippen LogP contribution in [0.15, 0.2) is 18.2 Å². The predicted molar refractivity (Wildman–Crippen MR) is 77.5 cm³/mol. The molecule has 1 aromatic carbocycles. The van der Waals surface area contributed by atoms with E-state index in [0.717, 1.165) is 22.6 Å². The van der Waals surface area contributed by atoms with Gasteiger partial charge in [-0.3, -0.25) is 4.79 Å². The predicted octanol–water partition coefficient (Wildman–Crippen LogP) is 4.02. The number of halogens is 2. The third-order valence-electron chi connectivity index (χ3n) is 3.09. The minimum Gasteiger partial charge on any atom is -0.312 e. The van der Waals surface area contributed by atoms with E-state index in [1.54, 1.807) is 0 Å². The zero-order valence-corrected chi connectivity index (χ0v) is 12.3. The summed E-state index contributed by atoms with van der Waals surface area (Å²) in [6.07, 6.45) is 0.648. The van der Waals surface area contributed by atoms with Gasteiger partial charge >= 0.3 is 0 Å². The fourth-order valence-corrected chi connectivity index (χ4v) is 3.18. The standard InChI is InChI=1S/C15H12F2N2OS/c1-3-9-8(2)21-15(10(9)7-18)19-14(20)13-11(16)5-4-6-12(13)17/h4-6H,3H2,1-2H3,(H,19,20). The van der Waals surface area contributed by atoms with Crippen molar-refractivity contribution in [3.8, 4) is 6.07 Å². The molecule has 108 valence electrons. The van der Waals surface area contributed by atoms with Crippen LogP contribution in [-0.2, 0) is 6.42 Å². The van der Waals surface area contributed by atoms with Crippen LogP contribution in [0.5, 0.6) is 0 Å². The molecule has 1 aromatic heterocycles. The summed E-state index contributed by atoms with van der Waals surface area (Å²) in [5.74, 6) is -2.77. The smallest absolute Gasteiger partial charge is 0.262 e. The van der Waals surface area contributed by atoms with E-state index < -0.39 is 23.1 Å². The normalized spacial score (nSPS) is 10.2. The number of carbonyl (C=O) groups is 1. The molecule has 1 amide bonds. The first-order valence-electron chi connectivity index (χ1n) is 6.27. The van der Waals surface area contributed by atoms with E-state index >= 15 is 0 Å². The number of benzene rings is 1. The van der Waals surface area contributed by atoms with E-state index in [1.807, 2.05) is 19.9 Å². The van der Waals surface area contributed by atoms with Gasteiger partial charge in [-0.05, 0) is 31.0 Å². The second-order valence-electron chi connectivity index (χ2n) is 4.36. The van der Waals surface area contributed by atoms with Crippen LogP contribution in [0.25, 0.3) is 0 Å². The lowest BCUT2D eigenvalue weighted by Gasteiger charge is -2.05. The van der Waals surface area contributed by atoms with Crippen molar-refractivity contribution >= 4 is 22.2 Å². The fraction of sp³-hybridized carbons (Fsp3) is 0.200. The van der Waals surface area contributed by atoms with Gasteiger partial charge in [0, 0.05) is 4.88 Å². The van der Waals surface area contributed by atoms with Crippen LogP contribution in [0.2, 0.25) is 0 Å². The molecule has 0 atom stereocenters. The van der Waals surface area contributed by atoms with E-state index in [1.165, 1.54) is 17.4 Å². The molecular weight excluding hydrogens is 294 g/mol. The Morgan fingerprint density at radius 2 is 2.00 bits per heavy atom. The van der Waals surface area contributed by atoms with Gasteiger partial charge in [-0.25, -0.2) is 8.78 Å². The molecule has 0 spiro atoms. The molecule has 0 fully saturated rings. The maximum atomic E-state index is 13.6. The van der Waals surface area contributed by atoms with Gasteiger partial charge in [-0.2, -0.15) is 5.26 Å². The van der Waals surface area contributed by atoms with E-state index in [4.69, 9.17) is 0 Å². The van der Waals surface area contributed by atoms with Crippen molar-refractivity contribution in [2.75, 3.05) is 5.32 Å². The molecule has 1 N–H and O–H groups in total. The van der Waals surface area contributed by atoms with Gasteiger partial charge in [0.1, 0.15) is 28.3 Å². The van der Waals surface area contributed by atoms with E-state index in [0.29, 0.717) is 17.0 Å². The Labute approximate surface area is 124 Å². The van der Waals surface area contributed by atoms with Crippen molar-refractivity contribution in [2.24, 2.45) is 0 Å². The van der Waals surface area contributed by atoms with E-state index in [2.05, 4.69) is 5.32 Å². The number of nitriles is 1. The maximum absolute atomic E-state index is 13.6. The second-order valence-corrected chi connectivity index (χ2v) is 5.58. The van der Waals surface area contributed by atoms with Gasteiger partial charge in [0.15, 0.2) is 0 Å². The summed E-state index contributed by atoms with van der Waals surface area (Å²) in [7, 11) is 0. The summed E-state index contributed by atoms with van der Waals surface area (Å²) >= 11 is 1.23. The van der Waals surface area contributed by atoms with Crippen molar-refractivity contribution in [3.05, 3.63) is 51.4 Å². The van der Waals surface area contributed by atoms with Crippen LogP contribution in [0.3, 0.4) is 0 Å². The minimum atomic E-state index is -0.935. The van der Waals surface area contributed by atoms with Crippen LogP contribution in [0, 0.1) is 29.9 Å². The first-order chi connectivity index (χ1) is 9.99. The molecular formula is C15H12F2N2OS. The maximum Gasteiger partial charge on any atom is 0.262 e. The van der Waals surface area contributed by atoms with Crippen molar-refractivity contribution in [2.45, 2.75) is 20.3 Å². The molecule has 2 aromatic rings. The number of nitrogens with zero attached hydrogens (tertiary/aromatic N) is 1. The Morgan fingerprint density at radius 3 is 2.52 bits per heavy atom. The molecule has 0 aliphatic rings. The topological polar surface area (TPSA) is 52.9 Å². The van der Waals surface area contributed by atoms with Crippen LogP contribution in [0.4, 0.5) is 13.8 Å². The lowest BCUT2D eigenvalue weighted by Crippen LogP contribution is -2.15. The zero-order chi connectivity index (χ0) is 15.6. The highest BCUT2D eigenvalue weighted by Gasteiger charge is 2.21. The summed E-state index contributed by atoms with van der Waals surface area (Å²) in [6, 6.07) is 5.25. The van der Waals surface area contributed by atoms with Crippen molar-refractivity contribution in [3.63, 3.8) is 0 Å². The first-order valence-corrected chi connectivity index (χ1v) is 7.09. The molecule has 0 unspecified atom stereocenters. The van der Waals surface area contributed by atoms with E-state index in [9.17, 15) is 18.8 Å². The number of carbonyl (C=O) groups excluding carboxylic acids is 1.